The van der Waals surface area contributed by atoms with Crippen LogP contribution in [0.1, 0.15) is 38.3 Å². The van der Waals surface area contributed by atoms with Crippen LogP contribution < -0.4 is 19.5 Å². The van der Waals surface area contributed by atoms with Crippen molar-refractivity contribution in [1.82, 2.24) is 14.8 Å². The quantitative estimate of drug-likeness (QED) is 0.516. The molecule has 1 N–H and O–H groups in total. The zero-order chi connectivity index (χ0) is 24.9. The molecule has 1 aliphatic heterocycles. The Morgan fingerprint density at radius 3 is 2.29 bits per heavy atom. The SMILES string of the molecule is COc1cc(C2C3=C(CC(C)(C)CC3=O)Nc3nc(-c4ccc(Cl)cc4)nn32)cc(OC)c1OC. The molecule has 35 heavy (non-hydrogen) atoms. The van der Waals surface area contributed by atoms with Crippen LogP contribution >= 0.6 is 11.6 Å². The highest BCUT2D eigenvalue weighted by Crippen LogP contribution is 2.48. The Morgan fingerprint density at radius 2 is 1.69 bits per heavy atom. The van der Waals surface area contributed by atoms with Crippen molar-refractivity contribution in [1.29, 1.82) is 0 Å². The maximum Gasteiger partial charge on any atom is 0.226 e. The lowest BCUT2D eigenvalue weighted by molar-refractivity contribution is -0.118. The Hall–Kier alpha value is -3.52. The Morgan fingerprint density at radius 1 is 1.03 bits per heavy atom. The Labute approximate surface area is 208 Å². The normalized spacial score (nSPS) is 18.5. The molecule has 0 radical (unpaired) electrons. The molecule has 1 unspecified atom stereocenters. The number of rotatable bonds is 5. The number of nitrogens with one attached hydrogen (secondary N) is 1. The lowest BCUT2D eigenvalue weighted by atomic mass is 9.73. The summed E-state index contributed by atoms with van der Waals surface area (Å²) in [5.74, 6) is 2.68. The number of anilines is 1. The number of fused-ring (bicyclic) bond motifs is 1. The van der Waals surface area contributed by atoms with Crippen molar-refractivity contribution in [3.63, 3.8) is 0 Å². The van der Waals surface area contributed by atoms with Crippen molar-refractivity contribution in [2.24, 2.45) is 5.41 Å². The van der Waals surface area contributed by atoms with Gasteiger partial charge in [-0.2, -0.15) is 4.98 Å². The molecule has 182 valence electrons. The van der Waals surface area contributed by atoms with Crippen LogP contribution in [0.5, 0.6) is 17.2 Å². The Balaban J connectivity index is 1.72. The van der Waals surface area contributed by atoms with E-state index < -0.39 is 6.04 Å². The standard InChI is InChI=1S/C26H27ClN4O4/c1-26(2)12-17-21(18(32)13-26)22(15-10-19(33-3)23(35-5)20(11-15)34-4)31-25(28-17)29-24(30-31)14-6-8-16(27)9-7-14/h6-11,22H,12-13H2,1-5H3,(H,28,29,30). The largest absolute Gasteiger partial charge is 0.493 e. The molecule has 1 aromatic heterocycles. The summed E-state index contributed by atoms with van der Waals surface area (Å²) in [6.45, 7) is 4.20. The first kappa shape index (κ1) is 23.2. The molecular formula is C26H27ClN4O4. The summed E-state index contributed by atoms with van der Waals surface area (Å²) >= 11 is 6.07. The van der Waals surface area contributed by atoms with Gasteiger partial charge >= 0.3 is 0 Å². The van der Waals surface area contributed by atoms with E-state index in [1.165, 1.54) is 0 Å². The highest BCUT2D eigenvalue weighted by Gasteiger charge is 2.42. The number of allylic oxidation sites excluding steroid dienone is 2. The molecule has 1 aliphatic carbocycles. The second-order valence-electron chi connectivity index (χ2n) is 9.53. The van der Waals surface area contributed by atoms with Gasteiger partial charge in [-0.25, -0.2) is 4.68 Å². The van der Waals surface area contributed by atoms with Crippen LogP contribution in [0.4, 0.5) is 5.95 Å². The Bertz CT molecular complexity index is 1320. The summed E-state index contributed by atoms with van der Waals surface area (Å²) in [4.78, 5) is 18.3. The lowest BCUT2D eigenvalue weighted by Crippen LogP contribution is -2.36. The summed E-state index contributed by atoms with van der Waals surface area (Å²) in [6, 6.07) is 10.6. The van der Waals surface area contributed by atoms with Gasteiger partial charge in [0.2, 0.25) is 11.7 Å². The van der Waals surface area contributed by atoms with E-state index in [4.69, 9.17) is 35.9 Å². The van der Waals surface area contributed by atoms with Gasteiger partial charge in [0, 0.05) is 28.3 Å². The number of nitrogens with zero attached hydrogens (tertiary/aromatic N) is 3. The van der Waals surface area contributed by atoms with Gasteiger partial charge < -0.3 is 19.5 Å². The van der Waals surface area contributed by atoms with Gasteiger partial charge in [0.25, 0.3) is 0 Å². The smallest absolute Gasteiger partial charge is 0.226 e. The highest BCUT2D eigenvalue weighted by atomic mass is 35.5. The third-order valence-electron chi connectivity index (χ3n) is 6.44. The number of carbonyl (C=O) groups excluding carboxylic acids is 1. The number of ketones is 1. The first-order chi connectivity index (χ1) is 16.7. The fraction of sp³-hybridized carbons (Fsp3) is 0.346. The van der Waals surface area contributed by atoms with Gasteiger partial charge in [-0.1, -0.05) is 25.4 Å². The second-order valence-corrected chi connectivity index (χ2v) is 9.97. The third kappa shape index (κ3) is 4.01. The van der Waals surface area contributed by atoms with Gasteiger partial charge in [0.1, 0.15) is 6.04 Å². The summed E-state index contributed by atoms with van der Waals surface area (Å²) < 4.78 is 18.5. The molecule has 0 bridgehead atoms. The second kappa shape index (κ2) is 8.61. The van der Waals surface area contributed by atoms with Gasteiger partial charge in [0.15, 0.2) is 23.1 Å². The minimum atomic E-state index is -0.507. The highest BCUT2D eigenvalue weighted by molar-refractivity contribution is 6.30. The van der Waals surface area contributed by atoms with Crippen molar-refractivity contribution < 1.29 is 19.0 Å². The van der Waals surface area contributed by atoms with Crippen LogP contribution in [-0.2, 0) is 4.79 Å². The fourth-order valence-corrected chi connectivity index (χ4v) is 5.02. The summed E-state index contributed by atoms with van der Waals surface area (Å²) in [5, 5.41) is 8.86. The van der Waals surface area contributed by atoms with Crippen LogP contribution in [0.15, 0.2) is 47.7 Å². The van der Waals surface area contributed by atoms with Crippen molar-refractivity contribution in [3.05, 3.63) is 58.3 Å². The van der Waals surface area contributed by atoms with Crippen LogP contribution in [0.25, 0.3) is 11.4 Å². The van der Waals surface area contributed by atoms with Gasteiger partial charge in [0.05, 0.1) is 21.3 Å². The van der Waals surface area contributed by atoms with E-state index >= 15 is 0 Å². The van der Waals surface area contributed by atoms with E-state index in [0.29, 0.717) is 46.0 Å². The average molecular weight is 495 g/mol. The molecule has 9 heteroatoms. The van der Waals surface area contributed by atoms with Gasteiger partial charge in [-0.05, 0) is 53.8 Å². The Kier molecular flexibility index (Phi) is 5.71. The summed E-state index contributed by atoms with van der Waals surface area (Å²) in [6.07, 6.45) is 1.17. The average Bonchev–Trinajstić information content (AvgIpc) is 3.25. The minimum Gasteiger partial charge on any atom is -0.493 e. The van der Waals surface area contributed by atoms with E-state index in [1.807, 2.05) is 24.3 Å². The van der Waals surface area contributed by atoms with Crippen LogP contribution in [0.2, 0.25) is 5.02 Å². The molecule has 3 aromatic rings. The van der Waals surface area contributed by atoms with Gasteiger partial charge in [-0.15, -0.1) is 5.10 Å². The molecule has 8 nitrogen and oxygen atoms in total. The van der Waals surface area contributed by atoms with E-state index in [-0.39, 0.29) is 11.2 Å². The monoisotopic (exact) mass is 494 g/mol. The first-order valence-electron chi connectivity index (χ1n) is 11.3. The molecule has 0 saturated carbocycles. The molecule has 0 spiro atoms. The van der Waals surface area contributed by atoms with Gasteiger partial charge in [-0.3, -0.25) is 4.79 Å². The number of methoxy groups -OCH3 is 3. The van der Waals surface area contributed by atoms with E-state index in [9.17, 15) is 4.79 Å². The first-order valence-corrected chi connectivity index (χ1v) is 11.7. The summed E-state index contributed by atoms with van der Waals surface area (Å²) in [7, 11) is 4.70. The number of Topliss-reactive ketones (excluding diaryl/α,β-unsaturated/α-hetero) is 1. The van der Waals surface area contributed by atoms with Crippen molar-refractivity contribution in [2.45, 2.75) is 32.7 Å². The predicted octanol–water partition coefficient (Wildman–Crippen LogP) is 5.28. The molecule has 2 aliphatic rings. The van der Waals surface area contributed by atoms with Crippen molar-refractivity contribution >= 4 is 23.3 Å². The number of halogens is 1. The van der Waals surface area contributed by atoms with Crippen LogP contribution in [0.3, 0.4) is 0 Å². The maximum absolute atomic E-state index is 13.5. The molecule has 1 atom stereocenters. The number of hydrogen-bond acceptors (Lipinski definition) is 7. The zero-order valence-electron chi connectivity index (χ0n) is 20.3. The fourth-order valence-electron chi connectivity index (χ4n) is 4.90. The molecule has 5 rings (SSSR count). The lowest BCUT2D eigenvalue weighted by Gasteiger charge is -2.38. The molecule has 0 saturated heterocycles. The topological polar surface area (TPSA) is 87.5 Å². The zero-order valence-corrected chi connectivity index (χ0v) is 21.1. The third-order valence-corrected chi connectivity index (χ3v) is 6.69. The van der Waals surface area contributed by atoms with Crippen LogP contribution in [-0.4, -0.2) is 41.9 Å². The van der Waals surface area contributed by atoms with E-state index in [0.717, 1.165) is 23.2 Å². The molecule has 2 heterocycles. The van der Waals surface area contributed by atoms with Crippen molar-refractivity contribution in [2.75, 3.05) is 26.6 Å². The number of hydrogen-bond donors (Lipinski definition) is 1. The molecule has 0 amide bonds. The number of carbonyl (C=O) groups is 1. The summed E-state index contributed by atoms with van der Waals surface area (Å²) in [5.41, 5.74) is 3.00. The molecule has 2 aromatic carbocycles. The van der Waals surface area contributed by atoms with Crippen LogP contribution in [0, 0.1) is 5.41 Å². The number of benzene rings is 2. The van der Waals surface area contributed by atoms with E-state index in [2.05, 4.69) is 19.2 Å². The molecule has 0 fully saturated rings. The number of ether oxygens (including phenoxy) is 3. The predicted molar refractivity (Wildman–Crippen MR) is 133 cm³/mol. The van der Waals surface area contributed by atoms with E-state index in [1.54, 1.807) is 38.1 Å². The number of aromatic nitrogens is 3. The van der Waals surface area contributed by atoms with Crippen molar-refractivity contribution in [3.8, 4) is 28.6 Å². The minimum absolute atomic E-state index is 0.0803. The molecular weight excluding hydrogens is 468 g/mol. The maximum atomic E-state index is 13.5.